The van der Waals surface area contributed by atoms with Crippen molar-refractivity contribution < 1.29 is 8.42 Å². The molecule has 1 atom stereocenters. The van der Waals surface area contributed by atoms with E-state index in [0.717, 1.165) is 44.2 Å². The summed E-state index contributed by atoms with van der Waals surface area (Å²) in [5.41, 5.74) is 0.830. The molecule has 0 amide bonds. The van der Waals surface area contributed by atoms with Gasteiger partial charge in [0.15, 0.2) is 0 Å². The highest BCUT2D eigenvalue weighted by Gasteiger charge is 2.40. The highest BCUT2D eigenvalue weighted by atomic mass is 32.2. The van der Waals surface area contributed by atoms with Crippen molar-refractivity contribution in [3.05, 3.63) is 24.3 Å². The van der Waals surface area contributed by atoms with E-state index in [1.165, 1.54) is 12.7 Å². The zero-order valence-electron chi connectivity index (χ0n) is 11.6. The maximum Gasteiger partial charge on any atom is 0.217 e. The molecule has 1 aromatic heterocycles. The summed E-state index contributed by atoms with van der Waals surface area (Å²) in [7, 11) is -3.19. The van der Waals surface area contributed by atoms with Gasteiger partial charge in [-0.2, -0.15) is 4.31 Å². The predicted octanol–water partition coefficient (Wildman–Crippen LogP) is 2.28. The molecule has 0 radical (unpaired) electrons. The summed E-state index contributed by atoms with van der Waals surface area (Å²) in [5.74, 6) is 0. The number of aromatic nitrogens is 2. The van der Waals surface area contributed by atoms with E-state index in [1.54, 1.807) is 10.5 Å². The van der Waals surface area contributed by atoms with E-state index in [0.29, 0.717) is 6.54 Å². The van der Waals surface area contributed by atoms with Crippen molar-refractivity contribution >= 4 is 10.0 Å². The summed E-state index contributed by atoms with van der Waals surface area (Å²) in [6.45, 7) is 0.632. The first-order chi connectivity index (χ1) is 9.69. The van der Waals surface area contributed by atoms with Crippen LogP contribution in [0.2, 0.25) is 0 Å². The zero-order valence-corrected chi connectivity index (χ0v) is 12.4. The first-order valence-corrected chi connectivity index (χ1v) is 8.96. The number of nitrogens with zero attached hydrogens (tertiary/aromatic N) is 3. The lowest BCUT2D eigenvalue weighted by molar-refractivity contribution is 0.370. The van der Waals surface area contributed by atoms with Crippen LogP contribution in [0.5, 0.6) is 0 Å². The minimum absolute atomic E-state index is 0.0927. The SMILES string of the molecule is O=S(=O)(C1CCCCC1)N1CCC[C@H]1c1ccncn1. The summed E-state index contributed by atoms with van der Waals surface area (Å²) in [5, 5.41) is -0.182. The van der Waals surface area contributed by atoms with Crippen LogP contribution >= 0.6 is 0 Å². The monoisotopic (exact) mass is 295 g/mol. The van der Waals surface area contributed by atoms with Gasteiger partial charge in [-0.1, -0.05) is 19.3 Å². The Bertz CT molecular complexity index is 541. The summed E-state index contributed by atoms with van der Waals surface area (Å²) in [4.78, 5) is 8.17. The number of sulfonamides is 1. The maximum atomic E-state index is 12.9. The minimum atomic E-state index is -3.19. The van der Waals surface area contributed by atoms with Crippen molar-refractivity contribution in [3.8, 4) is 0 Å². The lowest BCUT2D eigenvalue weighted by Crippen LogP contribution is -2.39. The molecule has 2 heterocycles. The molecule has 6 heteroatoms. The van der Waals surface area contributed by atoms with E-state index in [9.17, 15) is 8.42 Å². The fourth-order valence-electron chi connectivity index (χ4n) is 3.39. The lowest BCUT2D eigenvalue weighted by atomic mass is 10.0. The standard InChI is InChI=1S/C14H21N3O2S/c18-20(19,12-5-2-1-3-6-12)17-10-4-7-14(17)13-8-9-15-11-16-13/h8-9,11-12,14H,1-7,10H2/t14-/m0/s1. The third-order valence-electron chi connectivity index (χ3n) is 4.45. The fourth-order valence-corrected chi connectivity index (χ4v) is 5.66. The molecule has 1 aliphatic heterocycles. The molecule has 0 bridgehead atoms. The Balaban J connectivity index is 1.84. The van der Waals surface area contributed by atoms with Gasteiger partial charge in [0.05, 0.1) is 17.0 Å². The van der Waals surface area contributed by atoms with Crippen LogP contribution in [0, 0.1) is 0 Å². The molecular formula is C14H21N3O2S. The largest absolute Gasteiger partial charge is 0.245 e. The van der Waals surface area contributed by atoms with Gasteiger partial charge in [-0.15, -0.1) is 0 Å². The Labute approximate surface area is 120 Å². The minimum Gasteiger partial charge on any atom is -0.245 e. The highest BCUT2D eigenvalue weighted by Crippen LogP contribution is 2.37. The summed E-state index contributed by atoms with van der Waals surface area (Å²) in [6, 6.07) is 1.74. The van der Waals surface area contributed by atoms with Crippen molar-refractivity contribution in [1.29, 1.82) is 0 Å². The van der Waals surface area contributed by atoms with E-state index in [4.69, 9.17) is 0 Å². The van der Waals surface area contributed by atoms with E-state index in [2.05, 4.69) is 9.97 Å². The van der Waals surface area contributed by atoms with Crippen LogP contribution in [0.1, 0.15) is 56.7 Å². The zero-order chi connectivity index (χ0) is 14.0. The molecule has 0 unspecified atom stereocenters. The second-order valence-corrected chi connectivity index (χ2v) is 7.87. The second kappa shape index (κ2) is 5.77. The smallest absolute Gasteiger partial charge is 0.217 e. The Morgan fingerprint density at radius 2 is 1.90 bits per heavy atom. The first-order valence-electron chi connectivity index (χ1n) is 7.46. The molecular weight excluding hydrogens is 274 g/mol. The number of hydrogen-bond acceptors (Lipinski definition) is 4. The van der Waals surface area contributed by atoms with E-state index in [-0.39, 0.29) is 11.3 Å². The molecule has 0 spiro atoms. The maximum absolute atomic E-state index is 12.9. The molecule has 1 saturated carbocycles. The van der Waals surface area contributed by atoms with Crippen molar-refractivity contribution in [2.45, 2.75) is 56.2 Å². The Hall–Kier alpha value is -1.01. The van der Waals surface area contributed by atoms with Crippen LogP contribution in [0.15, 0.2) is 18.6 Å². The molecule has 5 nitrogen and oxygen atoms in total. The highest BCUT2D eigenvalue weighted by molar-refractivity contribution is 7.89. The van der Waals surface area contributed by atoms with Gasteiger partial charge < -0.3 is 0 Å². The van der Waals surface area contributed by atoms with E-state index < -0.39 is 10.0 Å². The fraction of sp³-hybridized carbons (Fsp3) is 0.714. The third-order valence-corrected chi connectivity index (χ3v) is 6.85. The molecule has 3 rings (SSSR count). The van der Waals surface area contributed by atoms with Gasteiger partial charge >= 0.3 is 0 Å². The Kier molecular flexibility index (Phi) is 4.03. The number of rotatable bonds is 3. The molecule has 0 N–H and O–H groups in total. The third kappa shape index (κ3) is 2.59. The second-order valence-electron chi connectivity index (χ2n) is 5.71. The molecule has 20 heavy (non-hydrogen) atoms. The van der Waals surface area contributed by atoms with Gasteiger partial charge in [0.1, 0.15) is 6.33 Å². The molecule has 0 aromatic carbocycles. The summed E-state index contributed by atoms with van der Waals surface area (Å²) >= 11 is 0. The van der Waals surface area contributed by atoms with Crippen LogP contribution in [-0.4, -0.2) is 34.5 Å². The Morgan fingerprint density at radius 3 is 2.60 bits per heavy atom. The van der Waals surface area contributed by atoms with Gasteiger partial charge in [0, 0.05) is 12.7 Å². The van der Waals surface area contributed by atoms with Crippen molar-refractivity contribution in [2.75, 3.05) is 6.54 Å². The summed E-state index contributed by atoms with van der Waals surface area (Å²) in [6.07, 6.45) is 9.84. The number of hydrogen-bond donors (Lipinski definition) is 0. The van der Waals surface area contributed by atoms with Crippen LogP contribution in [-0.2, 0) is 10.0 Å². The lowest BCUT2D eigenvalue weighted by Gasteiger charge is -2.30. The first kappa shape index (κ1) is 13.9. The van der Waals surface area contributed by atoms with Crippen molar-refractivity contribution in [1.82, 2.24) is 14.3 Å². The van der Waals surface area contributed by atoms with Crippen LogP contribution in [0.3, 0.4) is 0 Å². The molecule has 2 aliphatic rings. The van der Waals surface area contributed by atoms with Crippen molar-refractivity contribution in [3.63, 3.8) is 0 Å². The molecule has 110 valence electrons. The topological polar surface area (TPSA) is 63.2 Å². The van der Waals surface area contributed by atoms with Crippen molar-refractivity contribution in [2.24, 2.45) is 0 Å². The van der Waals surface area contributed by atoms with E-state index in [1.807, 2.05) is 6.07 Å². The van der Waals surface area contributed by atoms with E-state index >= 15 is 0 Å². The van der Waals surface area contributed by atoms with Crippen LogP contribution in [0.4, 0.5) is 0 Å². The summed E-state index contributed by atoms with van der Waals surface area (Å²) < 4.78 is 27.4. The van der Waals surface area contributed by atoms with Gasteiger partial charge in [-0.25, -0.2) is 18.4 Å². The van der Waals surface area contributed by atoms with Gasteiger partial charge in [-0.05, 0) is 31.7 Å². The normalized spacial score (nSPS) is 25.9. The average Bonchev–Trinajstić information content (AvgIpc) is 2.99. The van der Waals surface area contributed by atoms with Gasteiger partial charge in [0.25, 0.3) is 0 Å². The average molecular weight is 295 g/mol. The van der Waals surface area contributed by atoms with Crippen LogP contribution < -0.4 is 0 Å². The Morgan fingerprint density at radius 1 is 1.10 bits per heavy atom. The van der Waals surface area contributed by atoms with Gasteiger partial charge in [0.2, 0.25) is 10.0 Å². The van der Waals surface area contributed by atoms with Crippen LogP contribution in [0.25, 0.3) is 0 Å². The quantitative estimate of drug-likeness (QED) is 0.858. The predicted molar refractivity (Wildman–Crippen MR) is 76.5 cm³/mol. The van der Waals surface area contributed by atoms with Gasteiger partial charge in [-0.3, -0.25) is 0 Å². The molecule has 1 aliphatic carbocycles. The molecule has 2 fully saturated rings. The molecule has 1 aromatic rings. The molecule has 1 saturated heterocycles.